The standard InChI is InChI=1S/C6H6.Os/c1-2-4-6-5-3-1;/h1-6H;. The predicted octanol–water partition coefficient (Wildman–Crippen LogP) is 1.68. The predicted molar refractivity (Wildman–Crippen MR) is 26.4 cm³/mol. The van der Waals surface area contributed by atoms with Crippen molar-refractivity contribution in [1.82, 2.24) is 0 Å². The van der Waals surface area contributed by atoms with E-state index in [1.54, 1.807) is 0 Å². The first-order valence-corrected chi connectivity index (χ1v) is 2.00. The van der Waals surface area contributed by atoms with Gasteiger partial charge in [0, 0.05) is 19.8 Å². The maximum Gasteiger partial charge on any atom is 0 e. The zero-order valence-electron chi connectivity index (χ0n) is 3.82. The maximum absolute atomic E-state index is 2.00. The molecule has 0 heterocycles. The van der Waals surface area contributed by atoms with Crippen LogP contribution in [-0.4, -0.2) is 0 Å². The molecule has 1 aromatic carbocycles. The molecule has 0 fully saturated rings. The summed E-state index contributed by atoms with van der Waals surface area (Å²) >= 11 is 0. The minimum Gasteiger partial charge on any atom is -0.0623 e. The van der Waals surface area contributed by atoms with Crippen molar-refractivity contribution in [2.45, 2.75) is 0 Å². The van der Waals surface area contributed by atoms with Gasteiger partial charge in [0.25, 0.3) is 0 Å². The summed E-state index contributed by atoms with van der Waals surface area (Å²) in [6, 6.07) is 12.0. The molecule has 0 radical (unpaired) electrons. The molecule has 0 aliphatic carbocycles. The average molecular weight is 268 g/mol. The Kier molecular flexibility index (Phi) is 3.94. The molecule has 7 heavy (non-hydrogen) atoms. The van der Waals surface area contributed by atoms with Gasteiger partial charge in [0.1, 0.15) is 0 Å². The van der Waals surface area contributed by atoms with Gasteiger partial charge in [-0.05, 0) is 0 Å². The fourth-order valence-corrected chi connectivity index (χ4v) is 0.385. The third-order valence-corrected chi connectivity index (χ3v) is 0.667. The molecule has 0 saturated heterocycles. The second-order valence-corrected chi connectivity index (χ2v) is 1.15. The van der Waals surface area contributed by atoms with Crippen LogP contribution >= 0.6 is 0 Å². The molecule has 1 heteroatoms. The van der Waals surface area contributed by atoms with E-state index in [9.17, 15) is 0 Å². The fraction of sp³-hybridized carbons (Fsp3) is 0. The Morgan fingerprint density at radius 3 is 0.714 bits per heavy atom. The summed E-state index contributed by atoms with van der Waals surface area (Å²) in [7, 11) is 0. The summed E-state index contributed by atoms with van der Waals surface area (Å²) in [4.78, 5) is 0. The topological polar surface area (TPSA) is 0 Å². The van der Waals surface area contributed by atoms with Gasteiger partial charge in [-0.3, -0.25) is 0 Å². The first-order valence-electron chi connectivity index (χ1n) is 2.00. The van der Waals surface area contributed by atoms with E-state index >= 15 is 0 Å². The Balaban J connectivity index is 0.000000360. The molecule has 1 rings (SSSR count). The van der Waals surface area contributed by atoms with Crippen LogP contribution in [0.5, 0.6) is 0 Å². The summed E-state index contributed by atoms with van der Waals surface area (Å²) in [5.41, 5.74) is 0. The molecule has 0 nitrogen and oxygen atoms in total. The van der Waals surface area contributed by atoms with Crippen LogP contribution < -0.4 is 0 Å². The van der Waals surface area contributed by atoms with E-state index in [-0.39, 0.29) is 19.8 Å². The smallest absolute Gasteiger partial charge is 0 e. The molecule has 0 aromatic heterocycles. The molecule has 0 amide bonds. The van der Waals surface area contributed by atoms with Crippen molar-refractivity contribution in [1.29, 1.82) is 0 Å². The van der Waals surface area contributed by atoms with Gasteiger partial charge in [-0.2, -0.15) is 0 Å². The number of hydrogen-bond acceptors (Lipinski definition) is 0. The minimum absolute atomic E-state index is 0. The van der Waals surface area contributed by atoms with Crippen LogP contribution in [0.1, 0.15) is 0 Å². The van der Waals surface area contributed by atoms with Crippen molar-refractivity contribution in [3.63, 3.8) is 0 Å². The molecule has 0 unspecified atom stereocenters. The first-order chi connectivity index (χ1) is 3.00. The van der Waals surface area contributed by atoms with Gasteiger partial charge < -0.3 is 0 Å². The van der Waals surface area contributed by atoms with E-state index in [0.717, 1.165) is 0 Å². The van der Waals surface area contributed by atoms with Crippen LogP contribution in [0.2, 0.25) is 0 Å². The molecular weight excluding hydrogens is 262 g/mol. The van der Waals surface area contributed by atoms with Crippen LogP contribution in [0.25, 0.3) is 0 Å². The van der Waals surface area contributed by atoms with E-state index in [1.807, 2.05) is 36.4 Å². The zero-order chi connectivity index (χ0) is 4.24. The molecule has 0 aliphatic rings. The Labute approximate surface area is 56.6 Å². The van der Waals surface area contributed by atoms with E-state index in [4.69, 9.17) is 0 Å². The first kappa shape index (κ1) is 6.86. The SMILES string of the molecule is [Os].c1ccccc1. The third kappa shape index (κ3) is 2.54. The van der Waals surface area contributed by atoms with Crippen molar-refractivity contribution in [2.75, 3.05) is 0 Å². The summed E-state index contributed by atoms with van der Waals surface area (Å²) in [5, 5.41) is 0. The van der Waals surface area contributed by atoms with Crippen molar-refractivity contribution in [2.24, 2.45) is 0 Å². The number of hydrogen-bond donors (Lipinski definition) is 0. The van der Waals surface area contributed by atoms with E-state index < -0.39 is 0 Å². The summed E-state index contributed by atoms with van der Waals surface area (Å²) < 4.78 is 0. The van der Waals surface area contributed by atoms with Crippen molar-refractivity contribution >= 4 is 0 Å². The molecule has 0 saturated carbocycles. The Hall–Kier alpha value is -0.144. The van der Waals surface area contributed by atoms with Crippen LogP contribution in [0.3, 0.4) is 0 Å². The molecule has 0 N–H and O–H groups in total. The zero-order valence-corrected chi connectivity index (χ0v) is 6.36. The van der Waals surface area contributed by atoms with Gasteiger partial charge in [0.15, 0.2) is 0 Å². The molecular formula is C6H6Os. The van der Waals surface area contributed by atoms with Crippen molar-refractivity contribution in [3.05, 3.63) is 36.4 Å². The Morgan fingerprint density at radius 2 is 0.571 bits per heavy atom. The van der Waals surface area contributed by atoms with E-state index in [2.05, 4.69) is 0 Å². The van der Waals surface area contributed by atoms with Gasteiger partial charge in [0.2, 0.25) is 0 Å². The van der Waals surface area contributed by atoms with Gasteiger partial charge in [-0.25, -0.2) is 0 Å². The Bertz CT molecular complexity index is 76.1. The fourth-order valence-electron chi connectivity index (χ4n) is 0.385. The Morgan fingerprint density at radius 1 is 0.429 bits per heavy atom. The largest absolute Gasteiger partial charge is 0.0623 e. The van der Waals surface area contributed by atoms with Crippen molar-refractivity contribution in [3.8, 4) is 0 Å². The van der Waals surface area contributed by atoms with Gasteiger partial charge in [-0.1, -0.05) is 36.4 Å². The van der Waals surface area contributed by atoms with E-state index in [0.29, 0.717) is 0 Å². The van der Waals surface area contributed by atoms with Gasteiger partial charge >= 0.3 is 0 Å². The van der Waals surface area contributed by atoms with Gasteiger partial charge in [0.05, 0.1) is 0 Å². The summed E-state index contributed by atoms with van der Waals surface area (Å²) in [6.45, 7) is 0. The normalized spacial score (nSPS) is 6.86. The second-order valence-electron chi connectivity index (χ2n) is 1.15. The second kappa shape index (κ2) is 4.03. The monoisotopic (exact) mass is 270 g/mol. The number of rotatable bonds is 0. The van der Waals surface area contributed by atoms with Crippen LogP contribution in [-0.2, 0) is 19.8 Å². The van der Waals surface area contributed by atoms with Crippen LogP contribution in [0.15, 0.2) is 36.4 Å². The average Bonchev–Trinajstić information content (AvgIpc) is 1.72. The minimum atomic E-state index is 0. The molecule has 0 spiro atoms. The quantitative estimate of drug-likeness (QED) is 0.671. The molecule has 38 valence electrons. The van der Waals surface area contributed by atoms with Crippen LogP contribution in [0, 0.1) is 0 Å². The number of benzene rings is 1. The molecule has 1 aromatic rings. The van der Waals surface area contributed by atoms with Crippen molar-refractivity contribution < 1.29 is 19.8 Å². The van der Waals surface area contributed by atoms with Crippen LogP contribution in [0.4, 0.5) is 0 Å². The third-order valence-electron chi connectivity index (χ3n) is 0.667. The molecule has 0 atom stereocenters. The summed E-state index contributed by atoms with van der Waals surface area (Å²) in [5.74, 6) is 0. The maximum atomic E-state index is 2.00. The molecule has 0 aliphatic heterocycles. The van der Waals surface area contributed by atoms with E-state index in [1.165, 1.54) is 0 Å². The molecule has 0 bridgehead atoms. The summed E-state index contributed by atoms with van der Waals surface area (Å²) in [6.07, 6.45) is 0. The van der Waals surface area contributed by atoms with Gasteiger partial charge in [-0.15, -0.1) is 0 Å².